The summed E-state index contributed by atoms with van der Waals surface area (Å²) in [5, 5.41) is 0. The molecule has 2 unspecified atom stereocenters. The van der Waals surface area contributed by atoms with Gasteiger partial charge in [-0.1, -0.05) is 37.3 Å². The first-order valence-electron chi connectivity index (χ1n) is 6.06. The average molecular weight is 238 g/mol. The van der Waals surface area contributed by atoms with Crippen LogP contribution < -0.4 is 0 Å². The van der Waals surface area contributed by atoms with Gasteiger partial charge in [-0.25, -0.2) is 0 Å². The maximum atomic E-state index is 6.01. The van der Waals surface area contributed by atoms with Crippen LogP contribution in [0.4, 0.5) is 0 Å². The molecule has 88 valence electrons. The fourth-order valence-electron chi connectivity index (χ4n) is 2.65. The predicted octanol–water partition coefficient (Wildman–Crippen LogP) is 3.67. The maximum Gasteiger partial charge on any atom is 0.0380 e. The summed E-state index contributed by atoms with van der Waals surface area (Å²) in [6.07, 6.45) is 2.44. The molecule has 1 aliphatic heterocycles. The highest BCUT2D eigenvalue weighted by atomic mass is 35.5. The van der Waals surface area contributed by atoms with E-state index in [2.05, 4.69) is 49.1 Å². The quantitative estimate of drug-likeness (QED) is 0.723. The van der Waals surface area contributed by atoms with Crippen LogP contribution in [0.25, 0.3) is 0 Å². The lowest BCUT2D eigenvalue weighted by molar-refractivity contribution is -0.0613. The number of nitrogens with zero attached hydrogens (tertiary/aromatic N) is 1. The van der Waals surface area contributed by atoms with Crippen molar-refractivity contribution >= 4 is 11.6 Å². The molecule has 0 aromatic heterocycles. The Hall–Kier alpha value is -0.530. The van der Waals surface area contributed by atoms with E-state index in [-0.39, 0.29) is 0 Å². The van der Waals surface area contributed by atoms with Gasteiger partial charge in [0.2, 0.25) is 0 Å². The topological polar surface area (TPSA) is 3.24 Å². The lowest BCUT2D eigenvalue weighted by Crippen LogP contribution is -2.64. The van der Waals surface area contributed by atoms with E-state index in [4.69, 9.17) is 11.6 Å². The summed E-state index contributed by atoms with van der Waals surface area (Å²) in [5.74, 6) is 0.752. The predicted molar refractivity (Wildman–Crippen MR) is 69.8 cm³/mol. The van der Waals surface area contributed by atoms with Gasteiger partial charge in [0.15, 0.2) is 0 Å². The van der Waals surface area contributed by atoms with Crippen molar-refractivity contribution in [2.75, 3.05) is 5.88 Å². The number of likely N-dealkylation sites (tertiary alicyclic amines) is 1. The number of halogens is 1. The van der Waals surface area contributed by atoms with Crippen molar-refractivity contribution in [3.05, 3.63) is 35.9 Å². The minimum atomic E-state index is 0.357. The van der Waals surface area contributed by atoms with Crippen LogP contribution in [0.3, 0.4) is 0 Å². The molecule has 0 aliphatic carbocycles. The Morgan fingerprint density at radius 2 is 2.06 bits per heavy atom. The van der Waals surface area contributed by atoms with Crippen LogP contribution in [0.1, 0.15) is 32.3 Å². The molecule has 1 saturated heterocycles. The zero-order valence-electron chi connectivity index (χ0n) is 10.1. The standard InChI is InChI=1S/C14H20ClN/c1-3-14(2)9-13(10-15)16(14)11-12-7-5-4-6-8-12/h4-8,13H,3,9-11H2,1-2H3. The lowest BCUT2D eigenvalue weighted by Gasteiger charge is -2.56. The van der Waals surface area contributed by atoms with E-state index >= 15 is 0 Å². The first kappa shape index (κ1) is 11.9. The van der Waals surface area contributed by atoms with Crippen LogP contribution >= 0.6 is 11.6 Å². The number of benzene rings is 1. The van der Waals surface area contributed by atoms with E-state index in [9.17, 15) is 0 Å². The van der Waals surface area contributed by atoms with Gasteiger partial charge in [0.05, 0.1) is 0 Å². The second-order valence-corrected chi connectivity index (χ2v) is 5.28. The van der Waals surface area contributed by atoms with Crippen molar-refractivity contribution in [3.63, 3.8) is 0 Å². The number of hydrogen-bond donors (Lipinski definition) is 0. The summed E-state index contributed by atoms with van der Waals surface area (Å²) in [4.78, 5) is 2.55. The minimum Gasteiger partial charge on any atom is -0.289 e. The summed E-state index contributed by atoms with van der Waals surface area (Å²) in [5.41, 5.74) is 1.74. The zero-order valence-corrected chi connectivity index (χ0v) is 10.9. The molecule has 0 amide bonds. The van der Waals surface area contributed by atoms with Crippen LogP contribution in [-0.4, -0.2) is 22.4 Å². The fraction of sp³-hybridized carbons (Fsp3) is 0.571. The smallest absolute Gasteiger partial charge is 0.0380 e. The molecule has 1 fully saturated rings. The summed E-state index contributed by atoms with van der Waals surface area (Å²) in [6.45, 7) is 5.64. The van der Waals surface area contributed by atoms with Gasteiger partial charge < -0.3 is 0 Å². The average Bonchev–Trinajstić information content (AvgIpc) is 2.34. The fourth-order valence-corrected chi connectivity index (χ4v) is 2.92. The molecular formula is C14H20ClN. The number of rotatable bonds is 4. The normalized spacial score (nSPS) is 30.1. The number of hydrogen-bond acceptors (Lipinski definition) is 1. The summed E-state index contributed by atoms with van der Waals surface area (Å²) < 4.78 is 0. The van der Waals surface area contributed by atoms with Crippen LogP contribution in [0.2, 0.25) is 0 Å². The Morgan fingerprint density at radius 3 is 2.62 bits per heavy atom. The molecule has 2 heteroatoms. The molecule has 2 atom stereocenters. The Kier molecular flexibility index (Phi) is 3.56. The van der Waals surface area contributed by atoms with Gasteiger partial charge in [0, 0.05) is 24.0 Å². The Labute approximate surface area is 103 Å². The molecule has 1 aromatic carbocycles. The SMILES string of the molecule is CCC1(C)CC(CCl)N1Cc1ccccc1. The van der Waals surface area contributed by atoms with Crippen LogP contribution in [0.5, 0.6) is 0 Å². The van der Waals surface area contributed by atoms with Crippen molar-refractivity contribution in [2.24, 2.45) is 0 Å². The zero-order chi connectivity index (χ0) is 11.6. The molecule has 2 rings (SSSR count). The van der Waals surface area contributed by atoms with Crippen molar-refractivity contribution in [1.29, 1.82) is 0 Å². The van der Waals surface area contributed by atoms with E-state index in [0.717, 1.165) is 12.4 Å². The minimum absolute atomic E-state index is 0.357. The molecule has 1 aromatic rings. The molecular weight excluding hydrogens is 218 g/mol. The molecule has 0 radical (unpaired) electrons. The van der Waals surface area contributed by atoms with E-state index in [1.807, 2.05) is 0 Å². The molecule has 1 heterocycles. The van der Waals surface area contributed by atoms with E-state index in [1.54, 1.807) is 0 Å². The van der Waals surface area contributed by atoms with Crippen molar-refractivity contribution in [3.8, 4) is 0 Å². The maximum absolute atomic E-state index is 6.01. The van der Waals surface area contributed by atoms with Crippen LogP contribution in [0, 0.1) is 0 Å². The highest BCUT2D eigenvalue weighted by molar-refractivity contribution is 6.18. The summed E-state index contributed by atoms with van der Waals surface area (Å²) in [7, 11) is 0. The molecule has 0 spiro atoms. The third-order valence-electron chi connectivity index (χ3n) is 3.95. The largest absolute Gasteiger partial charge is 0.289 e. The second kappa shape index (κ2) is 4.77. The van der Waals surface area contributed by atoms with E-state index in [1.165, 1.54) is 18.4 Å². The molecule has 1 nitrogen and oxygen atoms in total. The van der Waals surface area contributed by atoms with Gasteiger partial charge in [-0.3, -0.25) is 4.90 Å². The Morgan fingerprint density at radius 1 is 1.38 bits per heavy atom. The highest BCUT2D eigenvalue weighted by Gasteiger charge is 2.45. The Bertz CT molecular complexity index is 338. The number of alkyl halides is 1. The van der Waals surface area contributed by atoms with Gasteiger partial charge in [-0.15, -0.1) is 11.6 Å². The van der Waals surface area contributed by atoms with Crippen molar-refractivity contribution in [1.82, 2.24) is 4.90 Å². The van der Waals surface area contributed by atoms with Gasteiger partial charge in [-0.05, 0) is 25.3 Å². The van der Waals surface area contributed by atoms with E-state index in [0.29, 0.717) is 11.6 Å². The lowest BCUT2D eigenvalue weighted by atomic mass is 9.78. The first-order chi connectivity index (χ1) is 7.69. The van der Waals surface area contributed by atoms with Gasteiger partial charge in [0.25, 0.3) is 0 Å². The summed E-state index contributed by atoms with van der Waals surface area (Å²) >= 11 is 6.01. The Balaban J connectivity index is 2.07. The monoisotopic (exact) mass is 237 g/mol. The molecule has 0 N–H and O–H groups in total. The van der Waals surface area contributed by atoms with Crippen molar-refractivity contribution < 1.29 is 0 Å². The first-order valence-corrected chi connectivity index (χ1v) is 6.59. The van der Waals surface area contributed by atoms with E-state index < -0.39 is 0 Å². The molecule has 0 saturated carbocycles. The van der Waals surface area contributed by atoms with Crippen LogP contribution in [0.15, 0.2) is 30.3 Å². The molecule has 16 heavy (non-hydrogen) atoms. The van der Waals surface area contributed by atoms with Crippen LogP contribution in [-0.2, 0) is 6.54 Å². The highest BCUT2D eigenvalue weighted by Crippen LogP contribution is 2.40. The van der Waals surface area contributed by atoms with Gasteiger partial charge in [-0.2, -0.15) is 0 Å². The second-order valence-electron chi connectivity index (χ2n) is 4.98. The summed E-state index contributed by atoms with van der Waals surface area (Å²) in [6, 6.07) is 11.2. The third-order valence-corrected chi connectivity index (χ3v) is 4.30. The molecule has 0 bridgehead atoms. The third kappa shape index (κ3) is 2.11. The van der Waals surface area contributed by atoms with Gasteiger partial charge in [0.1, 0.15) is 0 Å². The molecule has 1 aliphatic rings. The van der Waals surface area contributed by atoms with Gasteiger partial charge >= 0.3 is 0 Å². The van der Waals surface area contributed by atoms with Crippen molar-refractivity contribution in [2.45, 2.75) is 44.8 Å².